The zero-order chi connectivity index (χ0) is 26.0. The highest BCUT2D eigenvalue weighted by Gasteiger charge is 2.47. The van der Waals surface area contributed by atoms with Crippen LogP contribution in [0.3, 0.4) is 0 Å². The third kappa shape index (κ3) is 4.91. The lowest BCUT2D eigenvalue weighted by Crippen LogP contribution is -2.37. The number of allylic oxidation sites excluding steroid dienone is 2. The maximum atomic E-state index is 12.3. The molecule has 3 aromatic rings. The molecule has 11 nitrogen and oxygen atoms in total. The number of anilines is 1. The number of aromatic nitrogens is 4. The van der Waals surface area contributed by atoms with E-state index in [2.05, 4.69) is 33.6 Å². The minimum absolute atomic E-state index is 0.0101. The van der Waals surface area contributed by atoms with Crippen LogP contribution < -0.4 is 17.1 Å². The number of amides is 1. The highest BCUT2D eigenvalue weighted by molar-refractivity contribution is 5.78. The van der Waals surface area contributed by atoms with Gasteiger partial charge in [-0.3, -0.25) is 14.6 Å². The summed E-state index contributed by atoms with van der Waals surface area (Å²) in [5.41, 5.74) is 7.43. The van der Waals surface area contributed by atoms with E-state index in [4.69, 9.17) is 16.1 Å². The average molecular weight is 491 g/mol. The van der Waals surface area contributed by atoms with Gasteiger partial charge in [-0.05, 0) is 36.8 Å². The molecule has 5 N–H and O–H groups in total. The Balaban J connectivity index is 1.63. The number of rotatable bonds is 9. The Morgan fingerprint density at radius 1 is 1.31 bits per heavy atom. The predicted molar refractivity (Wildman–Crippen MR) is 136 cm³/mol. The molecule has 1 fully saturated rings. The van der Waals surface area contributed by atoms with E-state index in [1.165, 1.54) is 16.1 Å². The quantitative estimate of drug-likeness (QED) is 0.231. The standard InChI is InChI=1S/C25H30N8O3/c1-5-15(13-33(27)14-20(34)32(3)4)22-30-23(31-36-22)25(2,18-10-11-18)17-8-6-16(7-9-17)19-12-28-24(26)29-21(19)35/h5-9,12-13,18H,1,10-11,14,27H2,2-4H3,(H3,26,28,29,35)/b15-13+/t25-/m0/s1. The molecule has 1 aliphatic rings. The van der Waals surface area contributed by atoms with Gasteiger partial charge in [-0.15, -0.1) is 0 Å². The molecule has 1 saturated carbocycles. The number of benzene rings is 1. The van der Waals surface area contributed by atoms with Crippen molar-refractivity contribution in [3.63, 3.8) is 0 Å². The van der Waals surface area contributed by atoms with Crippen LogP contribution in [-0.2, 0) is 10.2 Å². The van der Waals surface area contributed by atoms with Crippen molar-refractivity contribution in [2.75, 3.05) is 26.4 Å². The van der Waals surface area contributed by atoms with Crippen molar-refractivity contribution in [3.05, 3.63) is 76.9 Å². The minimum atomic E-state index is -0.498. The van der Waals surface area contributed by atoms with Crippen LogP contribution in [0.4, 0.5) is 5.95 Å². The van der Waals surface area contributed by atoms with Gasteiger partial charge in [0.2, 0.25) is 5.91 Å². The van der Waals surface area contributed by atoms with Crippen LogP contribution in [0.1, 0.15) is 37.0 Å². The number of likely N-dealkylation sites (N-methyl/N-ethyl adjacent to an activating group) is 1. The largest absolute Gasteiger partial charge is 0.369 e. The van der Waals surface area contributed by atoms with Crippen LogP contribution in [0.25, 0.3) is 16.7 Å². The number of nitrogens with two attached hydrogens (primary N) is 2. The first kappa shape index (κ1) is 24.9. The van der Waals surface area contributed by atoms with Crippen molar-refractivity contribution in [2.45, 2.75) is 25.2 Å². The topological polar surface area (TPSA) is 160 Å². The van der Waals surface area contributed by atoms with E-state index in [-0.39, 0.29) is 29.9 Å². The number of carbonyl (C=O) groups excluding carboxylic acids is 1. The van der Waals surface area contributed by atoms with Crippen molar-refractivity contribution < 1.29 is 9.32 Å². The summed E-state index contributed by atoms with van der Waals surface area (Å²) in [5, 5.41) is 5.57. The molecule has 1 atom stereocenters. The monoisotopic (exact) mass is 490 g/mol. The Morgan fingerprint density at radius 3 is 2.58 bits per heavy atom. The third-order valence-corrected chi connectivity index (χ3v) is 6.49. The minimum Gasteiger partial charge on any atom is -0.369 e. The van der Waals surface area contributed by atoms with Gasteiger partial charge in [-0.2, -0.15) is 4.98 Å². The number of nitrogen functional groups attached to an aromatic ring is 1. The Bertz CT molecular complexity index is 1350. The van der Waals surface area contributed by atoms with Crippen molar-refractivity contribution in [3.8, 4) is 11.1 Å². The number of hydrazine groups is 1. The molecule has 0 radical (unpaired) electrons. The van der Waals surface area contributed by atoms with Gasteiger partial charge in [0, 0.05) is 26.5 Å². The fourth-order valence-corrected chi connectivity index (χ4v) is 4.09. The summed E-state index contributed by atoms with van der Waals surface area (Å²) in [6.07, 6.45) is 6.64. The van der Waals surface area contributed by atoms with Gasteiger partial charge in [-0.25, -0.2) is 10.8 Å². The SMILES string of the molecule is C=C/C(=C\N(N)CC(=O)N(C)C)c1nc([C@@](C)(c2ccc(-c3cnc(N)[nH]c3=O)cc2)C2CC2)no1. The van der Waals surface area contributed by atoms with Gasteiger partial charge in [0.25, 0.3) is 11.4 Å². The molecule has 11 heteroatoms. The number of nitrogens with one attached hydrogen (secondary N) is 1. The number of aromatic amines is 1. The van der Waals surface area contributed by atoms with Crippen molar-refractivity contribution >= 4 is 17.4 Å². The Kier molecular flexibility index (Phi) is 6.75. The van der Waals surface area contributed by atoms with E-state index < -0.39 is 5.41 Å². The zero-order valence-electron chi connectivity index (χ0n) is 20.6. The first-order valence-corrected chi connectivity index (χ1v) is 11.5. The highest BCUT2D eigenvalue weighted by Crippen LogP contribution is 2.50. The highest BCUT2D eigenvalue weighted by atomic mass is 16.5. The summed E-state index contributed by atoms with van der Waals surface area (Å²) >= 11 is 0. The number of hydrogen-bond acceptors (Lipinski definition) is 9. The lowest BCUT2D eigenvalue weighted by molar-refractivity contribution is -0.129. The molecular formula is C25H30N8O3. The zero-order valence-corrected chi connectivity index (χ0v) is 20.6. The lowest BCUT2D eigenvalue weighted by Gasteiger charge is -2.27. The number of carbonyl (C=O) groups is 1. The van der Waals surface area contributed by atoms with Gasteiger partial charge in [0.15, 0.2) is 11.8 Å². The van der Waals surface area contributed by atoms with Gasteiger partial charge < -0.3 is 20.2 Å². The second kappa shape index (κ2) is 9.78. The molecule has 2 aromatic heterocycles. The first-order chi connectivity index (χ1) is 17.1. The summed E-state index contributed by atoms with van der Waals surface area (Å²) in [6, 6.07) is 7.70. The van der Waals surface area contributed by atoms with Gasteiger partial charge >= 0.3 is 0 Å². The van der Waals surface area contributed by atoms with E-state index in [9.17, 15) is 9.59 Å². The van der Waals surface area contributed by atoms with Crippen molar-refractivity contribution in [1.29, 1.82) is 0 Å². The molecule has 4 rings (SSSR count). The van der Waals surface area contributed by atoms with Crippen LogP contribution in [0.15, 0.2) is 58.6 Å². The molecule has 1 amide bonds. The van der Waals surface area contributed by atoms with Crippen molar-refractivity contribution in [2.24, 2.45) is 11.8 Å². The maximum Gasteiger partial charge on any atom is 0.260 e. The normalized spacial score (nSPS) is 15.3. The summed E-state index contributed by atoms with van der Waals surface area (Å²) in [5.74, 6) is 7.06. The summed E-state index contributed by atoms with van der Waals surface area (Å²) in [7, 11) is 3.32. The molecule has 1 aromatic carbocycles. The molecule has 0 bridgehead atoms. The van der Waals surface area contributed by atoms with Gasteiger partial charge in [0.1, 0.15) is 6.54 Å². The van der Waals surface area contributed by atoms with Crippen molar-refractivity contribution in [1.82, 2.24) is 30.0 Å². The summed E-state index contributed by atoms with van der Waals surface area (Å²) in [4.78, 5) is 36.9. The summed E-state index contributed by atoms with van der Waals surface area (Å²) < 4.78 is 5.59. The molecule has 0 aliphatic heterocycles. The smallest absolute Gasteiger partial charge is 0.260 e. The lowest BCUT2D eigenvalue weighted by atomic mass is 9.76. The second-order valence-corrected chi connectivity index (χ2v) is 9.24. The molecule has 0 unspecified atom stereocenters. The molecule has 0 saturated heterocycles. The van der Waals surface area contributed by atoms with Crippen LogP contribution in [0.2, 0.25) is 0 Å². The second-order valence-electron chi connectivity index (χ2n) is 9.24. The van der Waals surface area contributed by atoms with Crippen LogP contribution in [-0.4, -0.2) is 56.6 Å². The molecule has 188 valence electrons. The van der Waals surface area contributed by atoms with Crippen LogP contribution in [0, 0.1) is 5.92 Å². The van der Waals surface area contributed by atoms with E-state index in [1.807, 2.05) is 24.3 Å². The molecule has 0 spiro atoms. The van der Waals surface area contributed by atoms with Crippen LogP contribution in [0.5, 0.6) is 0 Å². The number of H-pyrrole nitrogens is 1. The van der Waals surface area contributed by atoms with Gasteiger partial charge in [-0.1, -0.05) is 42.1 Å². The average Bonchev–Trinajstić information content (AvgIpc) is 3.59. The first-order valence-electron chi connectivity index (χ1n) is 11.5. The summed E-state index contributed by atoms with van der Waals surface area (Å²) in [6.45, 7) is 5.90. The fraction of sp³-hybridized carbons (Fsp3) is 0.320. The number of hydrogen-bond donors (Lipinski definition) is 3. The van der Waals surface area contributed by atoms with E-state index in [0.29, 0.717) is 22.9 Å². The molecular weight excluding hydrogens is 460 g/mol. The Hall–Kier alpha value is -4.25. The van der Waals surface area contributed by atoms with E-state index in [1.54, 1.807) is 26.4 Å². The van der Waals surface area contributed by atoms with Gasteiger partial charge in [0.05, 0.1) is 16.6 Å². The fourth-order valence-electron chi connectivity index (χ4n) is 4.09. The number of nitrogens with zero attached hydrogens (tertiary/aromatic N) is 5. The van der Waals surface area contributed by atoms with Crippen LogP contribution >= 0.6 is 0 Å². The molecule has 2 heterocycles. The third-order valence-electron chi connectivity index (χ3n) is 6.49. The van der Waals surface area contributed by atoms with E-state index in [0.717, 1.165) is 24.0 Å². The maximum absolute atomic E-state index is 12.3. The molecule has 36 heavy (non-hydrogen) atoms. The predicted octanol–water partition coefficient (Wildman–Crippen LogP) is 1.91. The Labute approximate surface area is 208 Å². The Morgan fingerprint density at radius 2 is 2.00 bits per heavy atom. The van der Waals surface area contributed by atoms with E-state index >= 15 is 0 Å². The molecule has 1 aliphatic carbocycles.